The van der Waals surface area contributed by atoms with Crippen LogP contribution in [-0.4, -0.2) is 36.4 Å². The summed E-state index contributed by atoms with van der Waals surface area (Å²) in [5.74, 6) is -0.364. The fourth-order valence-electron chi connectivity index (χ4n) is 2.67. The number of anilines is 1. The molecule has 6 nitrogen and oxygen atoms in total. The van der Waals surface area contributed by atoms with Gasteiger partial charge in [0.2, 0.25) is 5.91 Å². The monoisotopic (exact) mass is 291 g/mol. The van der Waals surface area contributed by atoms with Gasteiger partial charge in [-0.15, -0.1) is 0 Å². The van der Waals surface area contributed by atoms with Gasteiger partial charge in [-0.3, -0.25) is 9.59 Å². The van der Waals surface area contributed by atoms with Crippen LogP contribution in [0.3, 0.4) is 0 Å². The summed E-state index contributed by atoms with van der Waals surface area (Å²) >= 11 is 0. The van der Waals surface area contributed by atoms with Crippen LogP contribution in [-0.2, 0) is 4.79 Å². The van der Waals surface area contributed by atoms with Crippen LogP contribution >= 0.6 is 0 Å². The van der Waals surface area contributed by atoms with E-state index in [0.29, 0.717) is 30.0 Å². The Balaban J connectivity index is 2.29. The van der Waals surface area contributed by atoms with E-state index in [1.807, 2.05) is 6.92 Å². The Labute approximate surface area is 124 Å². The number of likely N-dealkylation sites (tertiary alicyclic amines) is 1. The molecule has 1 aliphatic rings. The van der Waals surface area contributed by atoms with Gasteiger partial charge in [-0.2, -0.15) is 0 Å². The lowest BCUT2D eigenvalue weighted by Gasteiger charge is -2.37. The molecule has 6 heteroatoms. The molecule has 1 saturated heterocycles. The molecule has 0 radical (unpaired) electrons. The number of hydrogen-bond donors (Lipinski definition) is 2. The van der Waals surface area contributed by atoms with Crippen LogP contribution in [0.1, 0.15) is 30.1 Å². The van der Waals surface area contributed by atoms with E-state index in [0.717, 1.165) is 6.42 Å². The molecule has 4 N–H and O–H groups in total. The standard InChI is InChI=1S/C15H21N3O3/c1-9-3-4-10(14(17)19)8-18(9)15(20)12-7-11(16)5-6-13(12)21-2/h5-7,9-10H,3-4,8,16H2,1-2H3,(H2,17,19). The molecule has 0 saturated carbocycles. The van der Waals surface area contributed by atoms with E-state index in [-0.39, 0.29) is 23.8 Å². The van der Waals surface area contributed by atoms with E-state index in [1.165, 1.54) is 7.11 Å². The Morgan fingerprint density at radius 1 is 1.33 bits per heavy atom. The minimum absolute atomic E-state index is 0.0548. The molecule has 2 atom stereocenters. The van der Waals surface area contributed by atoms with E-state index < -0.39 is 0 Å². The summed E-state index contributed by atoms with van der Waals surface area (Å²) in [4.78, 5) is 25.8. The van der Waals surface area contributed by atoms with Crippen molar-refractivity contribution in [3.63, 3.8) is 0 Å². The number of nitrogens with two attached hydrogens (primary N) is 2. The summed E-state index contributed by atoms with van der Waals surface area (Å²) in [6.45, 7) is 2.31. The third kappa shape index (κ3) is 3.09. The molecule has 0 bridgehead atoms. The SMILES string of the molecule is COc1ccc(N)cc1C(=O)N1CC(C(N)=O)CCC1C. The maximum Gasteiger partial charge on any atom is 0.257 e. The second-order valence-electron chi connectivity index (χ2n) is 5.44. The molecule has 114 valence electrons. The molecule has 0 aliphatic carbocycles. The second kappa shape index (κ2) is 6.03. The van der Waals surface area contributed by atoms with Crippen LogP contribution in [0.5, 0.6) is 5.75 Å². The maximum absolute atomic E-state index is 12.7. The highest BCUT2D eigenvalue weighted by Gasteiger charge is 2.33. The van der Waals surface area contributed by atoms with Crippen molar-refractivity contribution < 1.29 is 14.3 Å². The molecule has 1 aromatic carbocycles. The quantitative estimate of drug-likeness (QED) is 0.812. The Bertz CT molecular complexity index is 559. The molecule has 0 spiro atoms. The lowest BCUT2D eigenvalue weighted by molar-refractivity contribution is -0.123. The third-order valence-corrected chi connectivity index (χ3v) is 4.00. The lowest BCUT2D eigenvalue weighted by Crippen LogP contribution is -2.48. The zero-order valence-corrected chi connectivity index (χ0v) is 12.3. The van der Waals surface area contributed by atoms with Gasteiger partial charge in [-0.1, -0.05) is 0 Å². The number of amides is 2. The molecular formula is C15H21N3O3. The van der Waals surface area contributed by atoms with Gasteiger partial charge in [0, 0.05) is 18.3 Å². The Kier molecular flexibility index (Phi) is 4.35. The van der Waals surface area contributed by atoms with Crippen molar-refractivity contribution in [3.05, 3.63) is 23.8 Å². The second-order valence-corrected chi connectivity index (χ2v) is 5.44. The number of methoxy groups -OCH3 is 1. The minimum atomic E-state index is -0.362. The van der Waals surface area contributed by atoms with Crippen LogP contribution in [0, 0.1) is 5.92 Å². The first-order valence-electron chi connectivity index (χ1n) is 6.97. The first-order chi connectivity index (χ1) is 9.93. The summed E-state index contributed by atoms with van der Waals surface area (Å²) < 4.78 is 5.23. The van der Waals surface area contributed by atoms with Gasteiger partial charge in [0.1, 0.15) is 5.75 Å². The van der Waals surface area contributed by atoms with Gasteiger partial charge in [0.25, 0.3) is 5.91 Å². The Morgan fingerprint density at radius 2 is 2.05 bits per heavy atom. The highest BCUT2D eigenvalue weighted by molar-refractivity contribution is 5.98. The van der Waals surface area contributed by atoms with Gasteiger partial charge >= 0.3 is 0 Å². The largest absolute Gasteiger partial charge is 0.496 e. The normalized spacial score (nSPS) is 21.9. The number of carbonyl (C=O) groups excluding carboxylic acids is 2. The number of nitrogen functional groups attached to an aromatic ring is 1. The van der Waals surface area contributed by atoms with Crippen molar-refractivity contribution in [2.75, 3.05) is 19.4 Å². The average Bonchev–Trinajstić information content (AvgIpc) is 2.46. The van der Waals surface area contributed by atoms with Gasteiger partial charge in [0.15, 0.2) is 0 Å². The van der Waals surface area contributed by atoms with Crippen LogP contribution in [0.25, 0.3) is 0 Å². The van der Waals surface area contributed by atoms with Gasteiger partial charge < -0.3 is 21.1 Å². The van der Waals surface area contributed by atoms with Crippen molar-refractivity contribution in [2.24, 2.45) is 11.7 Å². The smallest absolute Gasteiger partial charge is 0.257 e. The number of benzene rings is 1. The van der Waals surface area contributed by atoms with Crippen LogP contribution in [0.2, 0.25) is 0 Å². The fourth-order valence-corrected chi connectivity index (χ4v) is 2.67. The highest BCUT2D eigenvalue weighted by Crippen LogP contribution is 2.28. The summed E-state index contributed by atoms with van der Waals surface area (Å²) in [6, 6.07) is 5.01. The molecule has 21 heavy (non-hydrogen) atoms. The zero-order valence-electron chi connectivity index (χ0n) is 12.3. The topological polar surface area (TPSA) is 98.7 Å². The fraction of sp³-hybridized carbons (Fsp3) is 0.467. The summed E-state index contributed by atoms with van der Waals surface area (Å²) in [6.07, 6.45) is 1.47. The minimum Gasteiger partial charge on any atom is -0.496 e. The zero-order chi connectivity index (χ0) is 15.6. The number of ether oxygens (including phenoxy) is 1. The number of primary amides is 1. The molecule has 2 rings (SSSR count). The highest BCUT2D eigenvalue weighted by atomic mass is 16.5. The van der Waals surface area contributed by atoms with E-state index in [9.17, 15) is 9.59 Å². The molecule has 1 aliphatic heterocycles. The Hall–Kier alpha value is -2.24. The number of rotatable bonds is 3. The maximum atomic E-state index is 12.7. The van der Waals surface area contributed by atoms with Crippen molar-refractivity contribution >= 4 is 17.5 Å². The van der Waals surface area contributed by atoms with Crippen LogP contribution in [0.4, 0.5) is 5.69 Å². The van der Waals surface area contributed by atoms with Gasteiger partial charge in [-0.05, 0) is 38.0 Å². The van der Waals surface area contributed by atoms with Gasteiger partial charge in [-0.25, -0.2) is 0 Å². The molecule has 2 amide bonds. The first-order valence-corrected chi connectivity index (χ1v) is 6.97. The van der Waals surface area contributed by atoms with Gasteiger partial charge in [0.05, 0.1) is 18.6 Å². The van der Waals surface area contributed by atoms with Crippen molar-refractivity contribution in [2.45, 2.75) is 25.8 Å². The summed E-state index contributed by atoms with van der Waals surface area (Å²) in [5, 5.41) is 0. The van der Waals surface area contributed by atoms with E-state index in [2.05, 4.69) is 0 Å². The average molecular weight is 291 g/mol. The van der Waals surface area contributed by atoms with Crippen molar-refractivity contribution in [1.82, 2.24) is 4.90 Å². The van der Waals surface area contributed by atoms with E-state index in [4.69, 9.17) is 16.2 Å². The van der Waals surface area contributed by atoms with Crippen LogP contribution in [0.15, 0.2) is 18.2 Å². The molecule has 1 fully saturated rings. The first kappa shape index (κ1) is 15.2. The predicted octanol–water partition coefficient (Wildman–Crippen LogP) is 1.00. The summed E-state index contributed by atoms with van der Waals surface area (Å²) in [7, 11) is 1.51. The van der Waals surface area contributed by atoms with E-state index >= 15 is 0 Å². The molecule has 1 aromatic rings. The molecule has 2 unspecified atom stereocenters. The number of hydrogen-bond acceptors (Lipinski definition) is 4. The molecule has 1 heterocycles. The number of nitrogens with zero attached hydrogens (tertiary/aromatic N) is 1. The molecule has 0 aromatic heterocycles. The van der Waals surface area contributed by atoms with Crippen molar-refractivity contribution in [1.29, 1.82) is 0 Å². The third-order valence-electron chi connectivity index (χ3n) is 4.00. The predicted molar refractivity (Wildman–Crippen MR) is 79.8 cm³/mol. The summed E-state index contributed by atoms with van der Waals surface area (Å²) in [5.41, 5.74) is 12.0. The molecular weight excluding hydrogens is 270 g/mol. The lowest BCUT2D eigenvalue weighted by atomic mass is 9.92. The van der Waals surface area contributed by atoms with Crippen LogP contribution < -0.4 is 16.2 Å². The number of carbonyl (C=O) groups is 2. The van der Waals surface area contributed by atoms with E-state index in [1.54, 1.807) is 23.1 Å². The Morgan fingerprint density at radius 3 is 2.67 bits per heavy atom. The van der Waals surface area contributed by atoms with Crippen molar-refractivity contribution in [3.8, 4) is 5.75 Å². The number of piperidine rings is 1.